The Labute approximate surface area is 211 Å². The maximum atomic E-state index is 12.9. The van der Waals surface area contributed by atoms with Crippen molar-refractivity contribution in [3.8, 4) is 5.75 Å². The summed E-state index contributed by atoms with van der Waals surface area (Å²) in [4.78, 5) is 49.4. The molecule has 2 aliphatic heterocycles. The molecule has 2 fully saturated rings. The number of anilines is 3. The lowest BCUT2D eigenvalue weighted by molar-refractivity contribution is -0.176. The Kier molecular flexibility index (Phi) is 5.03. The van der Waals surface area contributed by atoms with Crippen LogP contribution in [-0.2, 0) is 11.2 Å². The molecule has 2 saturated heterocycles. The number of nitrogens with zero attached hydrogens (tertiary/aromatic N) is 3. The number of ether oxygens (including phenoxy) is 1. The molecule has 188 valence electrons. The third-order valence-corrected chi connectivity index (χ3v) is 8.70. The van der Waals surface area contributed by atoms with Gasteiger partial charge in [0.05, 0.1) is 45.9 Å². The van der Waals surface area contributed by atoms with Crippen molar-refractivity contribution in [1.29, 1.82) is 0 Å². The van der Waals surface area contributed by atoms with Crippen LogP contribution in [0.4, 0.5) is 17.1 Å². The number of amides is 1. The number of fused-ring (bicyclic) bond motifs is 1. The van der Waals surface area contributed by atoms with Crippen molar-refractivity contribution in [1.82, 2.24) is 14.9 Å². The molecular formula is C25H27N5O5S. The molecule has 1 spiro atoms. The van der Waals surface area contributed by atoms with Crippen LogP contribution >= 0.6 is 11.3 Å². The van der Waals surface area contributed by atoms with E-state index in [0.29, 0.717) is 26.3 Å². The second-order valence-corrected chi connectivity index (χ2v) is 12.1. The SMILES string of the molecule is Cc1nc2c(s1)C(Nc1c(Nc3ccnc(C(=O)N4CC5(COC5)C4)c3O)c(=O)c1=O)C(C)(C)CC2. The second-order valence-electron chi connectivity index (χ2n) is 10.9. The lowest BCUT2D eigenvalue weighted by atomic mass is 9.74. The van der Waals surface area contributed by atoms with Crippen molar-refractivity contribution >= 4 is 34.3 Å². The predicted molar refractivity (Wildman–Crippen MR) is 135 cm³/mol. The van der Waals surface area contributed by atoms with Gasteiger partial charge in [-0.3, -0.25) is 14.4 Å². The molecule has 3 aromatic rings. The average Bonchev–Trinajstić information content (AvgIpc) is 3.16. The number of pyridine rings is 1. The monoisotopic (exact) mass is 509 g/mol. The van der Waals surface area contributed by atoms with Crippen LogP contribution in [0.1, 0.15) is 52.4 Å². The molecule has 10 nitrogen and oxygen atoms in total. The van der Waals surface area contributed by atoms with E-state index < -0.39 is 10.9 Å². The summed E-state index contributed by atoms with van der Waals surface area (Å²) in [5.74, 6) is -0.736. The van der Waals surface area contributed by atoms with Crippen LogP contribution in [-0.4, -0.2) is 52.2 Å². The van der Waals surface area contributed by atoms with E-state index in [1.807, 2.05) is 6.92 Å². The third-order valence-electron chi connectivity index (χ3n) is 7.63. The smallest absolute Gasteiger partial charge is 0.276 e. The zero-order valence-electron chi connectivity index (χ0n) is 20.3. The van der Waals surface area contributed by atoms with Gasteiger partial charge in [0.15, 0.2) is 11.4 Å². The summed E-state index contributed by atoms with van der Waals surface area (Å²) in [6.07, 6.45) is 3.15. The molecule has 0 saturated carbocycles. The highest BCUT2D eigenvalue weighted by molar-refractivity contribution is 7.11. The number of carbonyl (C=O) groups is 1. The first-order valence-corrected chi connectivity index (χ1v) is 12.8. The number of likely N-dealkylation sites (tertiary alicyclic amines) is 1. The van der Waals surface area contributed by atoms with E-state index in [2.05, 4.69) is 34.4 Å². The maximum Gasteiger partial charge on any atom is 0.276 e. The van der Waals surface area contributed by atoms with Crippen molar-refractivity contribution in [2.75, 3.05) is 36.9 Å². The van der Waals surface area contributed by atoms with Crippen molar-refractivity contribution in [3.05, 3.63) is 54.0 Å². The summed E-state index contributed by atoms with van der Waals surface area (Å²) in [6.45, 7) is 8.62. The van der Waals surface area contributed by atoms with Crippen LogP contribution in [0, 0.1) is 17.8 Å². The van der Waals surface area contributed by atoms with Gasteiger partial charge in [-0.05, 0) is 31.2 Å². The van der Waals surface area contributed by atoms with Crippen LogP contribution < -0.4 is 21.5 Å². The third kappa shape index (κ3) is 3.44. The number of aromatic hydroxyl groups is 1. The molecule has 1 amide bonds. The van der Waals surface area contributed by atoms with E-state index in [1.165, 1.54) is 12.3 Å². The van der Waals surface area contributed by atoms with Crippen LogP contribution in [0.3, 0.4) is 0 Å². The molecule has 0 radical (unpaired) electrons. The molecule has 6 rings (SSSR count). The average molecular weight is 510 g/mol. The fourth-order valence-corrected chi connectivity index (χ4v) is 6.60. The number of aromatic nitrogens is 2. The quantitative estimate of drug-likeness (QED) is 0.444. The number of thiazole rings is 1. The molecule has 2 aromatic heterocycles. The lowest BCUT2D eigenvalue weighted by Crippen LogP contribution is -2.67. The van der Waals surface area contributed by atoms with Crippen LogP contribution in [0.2, 0.25) is 0 Å². The molecule has 1 atom stereocenters. The topological polar surface area (TPSA) is 134 Å². The number of nitrogens with one attached hydrogen (secondary N) is 2. The molecule has 0 bridgehead atoms. The Balaban J connectivity index is 1.26. The van der Waals surface area contributed by atoms with Gasteiger partial charge in [-0.25, -0.2) is 9.97 Å². The number of hydrogen-bond donors (Lipinski definition) is 3. The van der Waals surface area contributed by atoms with Crippen LogP contribution in [0.25, 0.3) is 0 Å². The molecule has 11 heteroatoms. The minimum Gasteiger partial charge on any atom is -0.504 e. The van der Waals surface area contributed by atoms with Gasteiger partial charge < -0.3 is 25.4 Å². The second kappa shape index (κ2) is 7.84. The summed E-state index contributed by atoms with van der Waals surface area (Å²) in [5, 5.41) is 18.0. The Morgan fingerprint density at radius 2 is 1.94 bits per heavy atom. The first kappa shape index (κ1) is 23.1. The van der Waals surface area contributed by atoms with Gasteiger partial charge in [0.25, 0.3) is 16.8 Å². The van der Waals surface area contributed by atoms with Crippen molar-refractivity contribution in [3.63, 3.8) is 0 Å². The summed E-state index contributed by atoms with van der Waals surface area (Å²) >= 11 is 1.60. The van der Waals surface area contributed by atoms with Gasteiger partial charge in [-0.2, -0.15) is 0 Å². The lowest BCUT2D eigenvalue weighted by Gasteiger charge is -2.54. The van der Waals surface area contributed by atoms with E-state index >= 15 is 0 Å². The molecule has 4 heterocycles. The molecule has 3 aliphatic rings. The highest BCUT2D eigenvalue weighted by Crippen LogP contribution is 2.48. The predicted octanol–water partition coefficient (Wildman–Crippen LogP) is 2.49. The first-order valence-electron chi connectivity index (χ1n) is 12.0. The standard InChI is InChI=1S/C25H27N5O5S/c1-12-27-14-4-6-24(2,3)22(21(14)36-12)29-16-15(19(32)20(16)33)28-13-5-7-26-17(18(13)31)23(34)30-8-25(9-30)10-35-11-25/h5,7,22,29,31H,4,6,8-11H2,1-3H3,(H,26,28). The molecular weight excluding hydrogens is 482 g/mol. The summed E-state index contributed by atoms with van der Waals surface area (Å²) < 4.78 is 5.25. The van der Waals surface area contributed by atoms with E-state index in [1.54, 1.807) is 16.2 Å². The Bertz CT molecular complexity index is 1460. The van der Waals surface area contributed by atoms with Crippen LogP contribution in [0.15, 0.2) is 21.9 Å². The van der Waals surface area contributed by atoms with Gasteiger partial charge in [0.2, 0.25) is 0 Å². The zero-order chi connectivity index (χ0) is 25.4. The fourth-order valence-electron chi connectivity index (χ4n) is 5.36. The Morgan fingerprint density at radius 1 is 1.22 bits per heavy atom. The number of aryl methyl sites for hydroxylation is 2. The minimum absolute atomic E-state index is 0.0363. The number of hydrogen-bond acceptors (Lipinski definition) is 10. The molecule has 3 N–H and O–H groups in total. The molecule has 1 aromatic carbocycles. The van der Waals surface area contributed by atoms with Crippen molar-refractivity contribution in [2.24, 2.45) is 10.8 Å². The first-order chi connectivity index (χ1) is 17.1. The molecule has 36 heavy (non-hydrogen) atoms. The van der Waals surface area contributed by atoms with Crippen molar-refractivity contribution < 1.29 is 14.6 Å². The van der Waals surface area contributed by atoms with Gasteiger partial charge in [0.1, 0.15) is 11.4 Å². The Hall–Kier alpha value is -3.31. The van der Waals surface area contributed by atoms with E-state index in [9.17, 15) is 19.5 Å². The van der Waals surface area contributed by atoms with E-state index in [4.69, 9.17) is 4.74 Å². The highest BCUT2D eigenvalue weighted by atomic mass is 32.1. The zero-order valence-corrected chi connectivity index (χ0v) is 21.1. The van der Waals surface area contributed by atoms with Gasteiger partial charge >= 0.3 is 0 Å². The van der Waals surface area contributed by atoms with Gasteiger partial charge in [0, 0.05) is 19.3 Å². The summed E-state index contributed by atoms with van der Waals surface area (Å²) in [7, 11) is 0. The van der Waals surface area contributed by atoms with E-state index in [-0.39, 0.29) is 51.3 Å². The number of rotatable bonds is 5. The van der Waals surface area contributed by atoms with Gasteiger partial charge in [-0.15, -0.1) is 11.3 Å². The number of carbonyl (C=O) groups excluding carboxylic acids is 1. The van der Waals surface area contributed by atoms with Crippen molar-refractivity contribution in [2.45, 2.75) is 39.7 Å². The van der Waals surface area contributed by atoms with Crippen LogP contribution in [0.5, 0.6) is 5.75 Å². The Morgan fingerprint density at radius 3 is 2.64 bits per heavy atom. The molecule has 1 unspecified atom stereocenters. The largest absolute Gasteiger partial charge is 0.504 e. The van der Waals surface area contributed by atoms with E-state index in [0.717, 1.165) is 28.4 Å². The van der Waals surface area contributed by atoms with Gasteiger partial charge in [-0.1, -0.05) is 13.8 Å². The normalized spacial score (nSPS) is 21.5. The highest BCUT2D eigenvalue weighted by Gasteiger charge is 2.51. The minimum atomic E-state index is -0.675. The molecule has 1 aliphatic carbocycles. The maximum absolute atomic E-state index is 12.9. The fraction of sp³-hybridized carbons (Fsp3) is 0.480. The summed E-state index contributed by atoms with van der Waals surface area (Å²) in [5.41, 5.74) is -0.0982. The summed E-state index contributed by atoms with van der Waals surface area (Å²) in [6, 6.07) is 1.29.